The van der Waals surface area contributed by atoms with Crippen molar-refractivity contribution in [1.82, 2.24) is 0 Å². The molecule has 0 saturated carbocycles. The van der Waals surface area contributed by atoms with Gasteiger partial charge in [0.2, 0.25) is 0 Å². The number of benzene rings is 2. The molecule has 6 heteroatoms. The third-order valence-electron chi connectivity index (χ3n) is 2.72. The summed E-state index contributed by atoms with van der Waals surface area (Å²) >= 11 is 12.6. The number of ether oxygens (including phenoxy) is 2. The van der Waals surface area contributed by atoms with Gasteiger partial charge in [-0.25, -0.2) is 4.79 Å². The van der Waals surface area contributed by atoms with E-state index in [9.17, 15) is 4.79 Å². The van der Waals surface area contributed by atoms with Crippen LogP contribution in [0.1, 0.15) is 23.7 Å². The summed E-state index contributed by atoms with van der Waals surface area (Å²) in [6.07, 6.45) is 0.854. The summed E-state index contributed by atoms with van der Waals surface area (Å²) in [6, 6.07) is 10.2. The number of hydrogen-bond acceptors (Lipinski definition) is 3. The molecule has 0 saturated heterocycles. The molecule has 0 bridgehead atoms. The highest BCUT2D eigenvalue weighted by atomic mass is 79.9. The van der Waals surface area contributed by atoms with E-state index in [1.165, 1.54) is 0 Å². The molecular weight excluding hydrogens is 435 g/mol. The van der Waals surface area contributed by atoms with Crippen LogP contribution in [0.4, 0.5) is 0 Å². The molecule has 0 amide bonds. The Morgan fingerprint density at radius 1 is 1.14 bits per heavy atom. The van der Waals surface area contributed by atoms with Crippen LogP contribution in [0.25, 0.3) is 0 Å². The van der Waals surface area contributed by atoms with E-state index in [2.05, 4.69) is 31.9 Å². The van der Waals surface area contributed by atoms with Gasteiger partial charge in [0, 0.05) is 9.50 Å². The highest BCUT2D eigenvalue weighted by Gasteiger charge is 2.17. The average molecular weight is 449 g/mol. The maximum Gasteiger partial charge on any atom is 0.347 e. The summed E-state index contributed by atoms with van der Waals surface area (Å²) in [5, 5.41) is 0.557. The highest BCUT2D eigenvalue weighted by Crippen LogP contribution is 2.30. The van der Waals surface area contributed by atoms with Crippen molar-refractivity contribution in [3.05, 3.63) is 55.9 Å². The lowest BCUT2D eigenvalue weighted by Crippen LogP contribution is -2.11. The first kappa shape index (κ1) is 17.3. The van der Waals surface area contributed by atoms with Crippen LogP contribution in [0, 0.1) is 0 Å². The Morgan fingerprint density at radius 2 is 1.86 bits per heavy atom. The van der Waals surface area contributed by atoms with Crippen molar-refractivity contribution >= 4 is 49.4 Å². The number of hydrogen-bond donors (Lipinski definition) is 0. The molecule has 0 aromatic heterocycles. The highest BCUT2D eigenvalue weighted by molar-refractivity contribution is 9.10. The van der Waals surface area contributed by atoms with Crippen molar-refractivity contribution in [3.63, 3.8) is 0 Å². The minimum Gasteiger partial charge on any atom is -0.493 e. The van der Waals surface area contributed by atoms with E-state index in [0.29, 0.717) is 33.2 Å². The predicted octanol–water partition coefficient (Wildman–Crippen LogP) is 5.87. The zero-order valence-corrected chi connectivity index (χ0v) is 15.7. The average Bonchev–Trinajstić information content (AvgIpc) is 2.48. The zero-order chi connectivity index (χ0) is 16.1. The summed E-state index contributed by atoms with van der Waals surface area (Å²) in [6.45, 7) is 2.54. The van der Waals surface area contributed by atoms with Gasteiger partial charge in [0.05, 0.1) is 11.1 Å². The number of carbonyl (C=O) groups excluding carboxylic acids is 1. The van der Waals surface area contributed by atoms with E-state index in [0.717, 1.165) is 10.9 Å². The summed E-state index contributed by atoms with van der Waals surface area (Å²) in [7, 11) is 0. The van der Waals surface area contributed by atoms with Crippen LogP contribution in [0.5, 0.6) is 11.5 Å². The molecule has 0 aliphatic heterocycles. The van der Waals surface area contributed by atoms with Crippen LogP contribution in [-0.4, -0.2) is 12.6 Å². The fraction of sp³-hybridized carbons (Fsp3) is 0.188. The summed E-state index contributed by atoms with van der Waals surface area (Å²) < 4.78 is 12.4. The molecule has 0 aliphatic carbocycles. The third kappa shape index (κ3) is 4.48. The van der Waals surface area contributed by atoms with E-state index in [4.69, 9.17) is 21.1 Å². The normalized spacial score (nSPS) is 10.4. The molecule has 22 heavy (non-hydrogen) atoms. The minimum atomic E-state index is -0.490. The van der Waals surface area contributed by atoms with Gasteiger partial charge in [0.1, 0.15) is 17.1 Å². The van der Waals surface area contributed by atoms with Crippen molar-refractivity contribution in [2.45, 2.75) is 13.3 Å². The molecule has 0 atom stereocenters. The number of esters is 1. The van der Waals surface area contributed by atoms with Crippen LogP contribution < -0.4 is 9.47 Å². The number of rotatable bonds is 5. The lowest BCUT2D eigenvalue weighted by atomic mass is 10.2. The van der Waals surface area contributed by atoms with E-state index in [1.807, 2.05) is 13.0 Å². The minimum absolute atomic E-state index is 0.365. The first-order chi connectivity index (χ1) is 10.5. The van der Waals surface area contributed by atoms with E-state index < -0.39 is 5.97 Å². The van der Waals surface area contributed by atoms with Gasteiger partial charge in [0.25, 0.3) is 0 Å². The second kappa shape index (κ2) is 7.99. The van der Waals surface area contributed by atoms with E-state index >= 15 is 0 Å². The van der Waals surface area contributed by atoms with Gasteiger partial charge >= 0.3 is 5.97 Å². The number of carbonyl (C=O) groups is 1. The number of halogens is 3. The van der Waals surface area contributed by atoms with Gasteiger partial charge in [-0.15, -0.1) is 0 Å². The molecular formula is C16H13Br2ClO3. The Kier molecular flexibility index (Phi) is 6.29. The molecule has 2 aromatic carbocycles. The van der Waals surface area contributed by atoms with Crippen molar-refractivity contribution in [3.8, 4) is 11.5 Å². The largest absolute Gasteiger partial charge is 0.493 e. The summed E-state index contributed by atoms with van der Waals surface area (Å²) in [5.74, 6) is 0.409. The molecule has 0 radical (unpaired) electrons. The SMILES string of the molecule is CCCOc1ccc(Br)cc1C(=O)Oc1ccc(Cl)cc1Br. The second-order valence-electron chi connectivity index (χ2n) is 4.45. The molecule has 3 nitrogen and oxygen atoms in total. The van der Waals surface area contributed by atoms with Crippen LogP contribution in [0.2, 0.25) is 5.02 Å². The Balaban J connectivity index is 2.26. The summed E-state index contributed by atoms with van der Waals surface area (Å²) in [4.78, 5) is 12.4. The Labute approximate surface area is 150 Å². The second-order valence-corrected chi connectivity index (χ2v) is 6.66. The molecule has 0 unspecified atom stereocenters. The quantitative estimate of drug-likeness (QED) is 0.424. The van der Waals surface area contributed by atoms with Crippen molar-refractivity contribution in [1.29, 1.82) is 0 Å². The lowest BCUT2D eigenvalue weighted by molar-refractivity contribution is 0.0729. The first-order valence-electron chi connectivity index (χ1n) is 6.61. The van der Waals surface area contributed by atoms with Crippen LogP contribution in [0.3, 0.4) is 0 Å². The first-order valence-corrected chi connectivity index (χ1v) is 8.57. The van der Waals surface area contributed by atoms with Gasteiger partial charge in [-0.1, -0.05) is 34.5 Å². The molecule has 0 spiro atoms. The molecule has 2 rings (SSSR count). The van der Waals surface area contributed by atoms with Gasteiger partial charge in [-0.3, -0.25) is 0 Å². The van der Waals surface area contributed by atoms with Crippen molar-refractivity contribution in [2.75, 3.05) is 6.61 Å². The maximum absolute atomic E-state index is 12.4. The molecule has 116 valence electrons. The predicted molar refractivity (Wildman–Crippen MR) is 94.0 cm³/mol. The lowest BCUT2D eigenvalue weighted by Gasteiger charge is -2.12. The third-order valence-corrected chi connectivity index (χ3v) is 4.07. The van der Waals surface area contributed by atoms with Gasteiger partial charge in [-0.2, -0.15) is 0 Å². The van der Waals surface area contributed by atoms with Gasteiger partial charge in [0.15, 0.2) is 0 Å². The monoisotopic (exact) mass is 446 g/mol. The van der Waals surface area contributed by atoms with Crippen LogP contribution >= 0.6 is 43.5 Å². The fourth-order valence-corrected chi connectivity index (χ4v) is 2.84. The Morgan fingerprint density at radius 3 is 2.55 bits per heavy atom. The van der Waals surface area contributed by atoms with E-state index in [-0.39, 0.29) is 0 Å². The van der Waals surface area contributed by atoms with Crippen molar-refractivity contribution in [2.24, 2.45) is 0 Å². The fourth-order valence-electron chi connectivity index (χ4n) is 1.71. The Bertz CT molecular complexity index is 689. The standard InChI is InChI=1S/C16H13Br2ClO3/c1-2-7-21-14-5-3-10(17)8-12(14)16(20)22-15-6-4-11(19)9-13(15)18/h3-6,8-9H,2,7H2,1H3. The topological polar surface area (TPSA) is 35.5 Å². The van der Waals surface area contributed by atoms with Crippen LogP contribution in [0.15, 0.2) is 45.3 Å². The molecule has 0 fully saturated rings. The van der Waals surface area contributed by atoms with Gasteiger partial charge in [-0.05, 0) is 58.7 Å². The maximum atomic E-state index is 12.4. The van der Waals surface area contributed by atoms with Crippen LogP contribution in [-0.2, 0) is 0 Å². The van der Waals surface area contributed by atoms with E-state index in [1.54, 1.807) is 30.3 Å². The summed E-state index contributed by atoms with van der Waals surface area (Å²) in [5.41, 5.74) is 0.365. The molecule has 0 aliphatic rings. The smallest absolute Gasteiger partial charge is 0.347 e. The molecule has 0 heterocycles. The Hall–Kier alpha value is -1.04. The van der Waals surface area contributed by atoms with Gasteiger partial charge < -0.3 is 9.47 Å². The van der Waals surface area contributed by atoms with Crippen molar-refractivity contribution < 1.29 is 14.3 Å². The zero-order valence-electron chi connectivity index (χ0n) is 11.7. The molecule has 2 aromatic rings. The molecule has 0 N–H and O–H groups in total.